The maximum Gasteiger partial charge on any atom is 0.231 e. The summed E-state index contributed by atoms with van der Waals surface area (Å²) in [6, 6.07) is 4.02. The summed E-state index contributed by atoms with van der Waals surface area (Å²) in [6.07, 6.45) is 0.0360. The van der Waals surface area contributed by atoms with Crippen molar-refractivity contribution in [2.24, 2.45) is 0 Å². The molecular weight excluding hydrogens is 334 g/mol. The van der Waals surface area contributed by atoms with E-state index in [1.165, 1.54) is 30.1 Å². The zero-order chi connectivity index (χ0) is 17.6. The normalized spacial score (nSPS) is 21.1. The van der Waals surface area contributed by atoms with Crippen LogP contribution in [0.3, 0.4) is 0 Å². The van der Waals surface area contributed by atoms with Crippen molar-refractivity contribution in [3.63, 3.8) is 0 Å². The van der Waals surface area contributed by atoms with Crippen LogP contribution < -0.4 is 11.1 Å². The minimum atomic E-state index is -1.00. The molecule has 24 heavy (non-hydrogen) atoms. The van der Waals surface area contributed by atoms with Gasteiger partial charge in [-0.25, -0.2) is 8.78 Å². The second-order valence-electron chi connectivity index (χ2n) is 5.96. The first-order valence-corrected chi connectivity index (χ1v) is 8.07. The Morgan fingerprint density at radius 1 is 1.42 bits per heavy atom. The van der Waals surface area contributed by atoms with Gasteiger partial charge in [0.1, 0.15) is 11.6 Å². The number of thiophene rings is 1. The van der Waals surface area contributed by atoms with Crippen molar-refractivity contribution in [2.45, 2.75) is 18.9 Å². The fourth-order valence-corrected chi connectivity index (χ4v) is 3.77. The smallest absolute Gasteiger partial charge is 0.231 e. The third kappa shape index (κ3) is 2.52. The third-order valence-electron chi connectivity index (χ3n) is 4.15. The van der Waals surface area contributed by atoms with Crippen LogP contribution in [0.1, 0.15) is 18.2 Å². The van der Waals surface area contributed by atoms with Crippen molar-refractivity contribution in [2.75, 3.05) is 12.8 Å². The number of guanidine groups is 1. The van der Waals surface area contributed by atoms with E-state index in [0.717, 1.165) is 11.3 Å². The van der Waals surface area contributed by atoms with Gasteiger partial charge in [-0.3, -0.25) is 15.1 Å². The number of carbonyl (C=O) groups is 1. The molecule has 1 saturated heterocycles. The predicted molar refractivity (Wildman–Crippen MR) is 89.7 cm³/mol. The maximum absolute atomic E-state index is 15.0. The van der Waals surface area contributed by atoms with Gasteiger partial charge in [-0.1, -0.05) is 6.07 Å². The first kappa shape index (κ1) is 16.4. The summed E-state index contributed by atoms with van der Waals surface area (Å²) in [7, 11) is 1.49. The van der Waals surface area contributed by atoms with E-state index >= 15 is 0 Å². The van der Waals surface area contributed by atoms with E-state index in [1.54, 1.807) is 12.3 Å². The Hall–Kier alpha value is -2.48. The van der Waals surface area contributed by atoms with E-state index in [2.05, 4.69) is 5.32 Å². The molecule has 0 bridgehead atoms. The Morgan fingerprint density at radius 2 is 2.12 bits per heavy atom. The fraction of sp³-hybridized carbons (Fsp3) is 0.250. The number of amides is 1. The van der Waals surface area contributed by atoms with Crippen molar-refractivity contribution in [3.05, 3.63) is 40.1 Å². The van der Waals surface area contributed by atoms with Crippen molar-refractivity contribution in [1.82, 2.24) is 10.2 Å². The molecule has 0 saturated carbocycles. The summed E-state index contributed by atoms with van der Waals surface area (Å²) >= 11 is 1.15. The molecule has 0 aliphatic carbocycles. The molecule has 1 aromatic carbocycles. The highest BCUT2D eigenvalue weighted by molar-refractivity contribution is 7.10. The van der Waals surface area contributed by atoms with E-state index in [0.29, 0.717) is 16.0 Å². The van der Waals surface area contributed by atoms with Gasteiger partial charge in [-0.05, 0) is 24.6 Å². The van der Waals surface area contributed by atoms with Crippen LogP contribution in [0.5, 0.6) is 0 Å². The highest BCUT2D eigenvalue weighted by atomic mass is 32.1. The quantitative estimate of drug-likeness (QED) is 0.729. The fourth-order valence-electron chi connectivity index (χ4n) is 2.69. The lowest BCUT2D eigenvalue weighted by Crippen LogP contribution is -2.58. The number of nitrogen functional groups attached to an aromatic ring is 1. The summed E-state index contributed by atoms with van der Waals surface area (Å²) < 4.78 is 28.3. The van der Waals surface area contributed by atoms with Gasteiger partial charge in [0.2, 0.25) is 5.91 Å². The van der Waals surface area contributed by atoms with Gasteiger partial charge < -0.3 is 11.1 Å². The second-order valence-corrected chi connectivity index (χ2v) is 6.84. The molecule has 4 N–H and O–H groups in total. The maximum atomic E-state index is 15.0. The average Bonchev–Trinajstić information content (AvgIpc) is 2.90. The highest BCUT2D eigenvalue weighted by Crippen LogP contribution is 2.39. The number of benzene rings is 1. The average molecular weight is 350 g/mol. The molecule has 8 heteroatoms. The van der Waals surface area contributed by atoms with Gasteiger partial charge in [0.05, 0.1) is 22.5 Å². The van der Waals surface area contributed by atoms with Crippen LogP contribution >= 0.6 is 11.3 Å². The third-order valence-corrected chi connectivity index (χ3v) is 5.37. The molecule has 1 fully saturated rings. The molecular formula is C16H16F2N4OS. The topological polar surface area (TPSA) is 82.2 Å². The Labute approximate surface area is 141 Å². The van der Waals surface area contributed by atoms with E-state index in [1.807, 2.05) is 0 Å². The number of hydrogen-bond donors (Lipinski definition) is 3. The number of hydrogen-bond acceptors (Lipinski definition) is 4. The first-order chi connectivity index (χ1) is 11.2. The lowest BCUT2D eigenvalue weighted by molar-refractivity contribution is -0.129. The summed E-state index contributed by atoms with van der Waals surface area (Å²) in [6.45, 7) is 1.68. The molecule has 1 aliphatic rings. The lowest BCUT2D eigenvalue weighted by Gasteiger charge is -2.38. The molecule has 2 aromatic rings. The highest BCUT2D eigenvalue weighted by Gasteiger charge is 2.41. The number of nitrogens with zero attached hydrogens (tertiary/aromatic N) is 1. The van der Waals surface area contributed by atoms with Gasteiger partial charge in [0.15, 0.2) is 5.96 Å². The van der Waals surface area contributed by atoms with E-state index < -0.39 is 17.2 Å². The SMILES string of the molecule is CN1C(=N)N[C@](C)(c2scc(-c3ccc(F)c(N)c3)c2F)CC1=O. The summed E-state index contributed by atoms with van der Waals surface area (Å²) in [5, 5.41) is 12.3. The molecule has 0 unspecified atom stereocenters. The van der Waals surface area contributed by atoms with Crippen molar-refractivity contribution < 1.29 is 13.6 Å². The molecule has 1 aliphatic heterocycles. The number of carbonyl (C=O) groups excluding carboxylic acids is 1. The number of halogens is 2. The van der Waals surface area contributed by atoms with Crippen molar-refractivity contribution >= 4 is 28.9 Å². The number of nitrogens with two attached hydrogens (primary N) is 1. The van der Waals surface area contributed by atoms with Crippen molar-refractivity contribution in [1.29, 1.82) is 5.41 Å². The Balaban J connectivity index is 2.02. The molecule has 5 nitrogen and oxygen atoms in total. The minimum Gasteiger partial charge on any atom is -0.396 e. The molecule has 126 valence electrons. The Kier molecular flexibility index (Phi) is 3.79. The molecule has 0 spiro atoms. The standard InChI is InChI=1S/C16H16F2N4OS/c1-16(6-12(23)22(2)15(20)21-16)14-13(18)9(7-24-14)8-3-4-10(17)11(19)5-8/h3-5,7H,6,19H2,1-2H3,(H2,20,21)/t16-/m0/s1. The van der Waals surface area contributed by atoms with Gasteiger partial charge in [-0.2, -0.15) is 0 Å². The van der Waals surface area contributed by atoms with Crippen LogP contribution in [0.4, 0.5) is 14.5 Å². The van der Waals surface area contributed by atoms with Crippen LogP contribution in [0.2, 0.25) is 0 Å². The van der Waals surface area contributed by atoms with Gasteiger partial charge in [-0.15, -0.1) is 11.3 Å². The molecule has 0 radical (unpaired) electrons. The number of anilines is 1. The number of rotatable bonds is 2. The van der Waals surface area contributed by atoms with Crippen LogP contribution in [0.15, 0.2) is 23.6 Å². The Morgan fingerprint density at radius 3 is 2.75 bits per heavy atom. The van der Waals surface area contributed by atoms with E-state index in [-0.39, 0.29) is 24.0 Å². The molecule has 1 atom stereocenters. The largest absolute Gasteiger partial charge is 0.396 e. The van der Waals surface area contributed by atoms with Gasteiger partial charge in [0, 0.05) is 18.0 Å². The van der Waals surface area contributed by atoms with E-state index in [9.17, 15) is 13.6 Å². The minimum absolute atomic E-state index is 0.0360. The summed E-state index contributed by atoms with van der Waals surface area (Å²) in [5.41, 5.74) is 5.25. The molecule has 1 amide bonds. The molecule has 1 aromatic heterocycles. The van der Waals surface area contributed by atoms with Crippen LogP contribution in [-0.4, -0.2) is 23.8 Å². The van der Waals surface area contributed by atoms with Crippen molar-refractivity contribution in [3.8, 4) is 11.1 Å². The molecule has 3 rings (SSSR count). The van der Waals surface area contributed by atoms with Gasteiger partial charge >= 0.3 is 0 Å². The van der Waals surface area contributed by atoms with E-state index in [4.69, 9.17) is 11.1 Å². The van der Waals surface area contributed by atoms with Gasteiger partial charge in [0.25, 0.3) is 0 Å². The zero-order valence-corrected chi connectivity index (χ0v) is 13.9. The lowest BCUT2D eigenvalue weighted by atomic mass is 9.91. The Bertz CT molecular complexity index is 831. The number of nitrogens with one attached hydrogen (secondary N) is 2. The monoisotopic (exact) mass is 350 g/mol. The molecule has 2 heterocycles. The summed E-state index contributed by atoms with van der Waals surface area (Å²) in [5.74, 6) is -1.39. The first-order valence-electron chi connectivity index (χ1n) is 7.19. The second kappa shape index (κ2) is 5.55. The predicted octanol–water partition coefficient (Wildman–Crippen LogP) is 2.88. The van der Waals surface area contributed by atoms with Crippen LogP contribution in [-0.2, 0) is 10.3 Å². The summed E-state index contributed by atoms with van der Waals surface area (Å²) in [4.78, 5) is 13.5. The van der Waals surface area contributed by atoms with Crippen LogP contribution in [0, 0.1) is 17.0 Å². The van der Waals surface area contributed by atoms with Crippen LogP contribution in [0.25, 0.3) is 11.1 Å². The zero-order valence-electron chi connectivity index (χ0n) is 13.1.